The van der Waals surface area contributed by atoms with Gasteiger partial charge in [-0.1, -0.05) is 43.0 Å². The zero-order valence-electron chi connectivity index (χ0n) is 24.3. The Morgan fingerprint density at radius 2 is 2.00 bits per heavy atom. The summed E-state index contributed by atoms with van der Waals surface area (Å²) in [6, 6.07) is 19.2. The van der Waals surface area contributed by atoms with E-state index in [0.29, 0.717) is 38.2 Å². The molecule has 8 nitrogen and oxygen atoms in total. The van der Waals surface area contributed by atoms with Gasteiger partial charge in [0.1, 0.15) is 12.1 Å². The highest BCUT2D eigenvalue weighted by atomic mass is 16.5. The average molecular weight is 561 g/mol. The highest BCUT2D eigenvalue weighted by Crippen LogP contribution is 2.36. The minimum atomic E-state index is -0.244. The van der Waals surface area contributed by atoms with Gasteiger partial charge in [0.15, 0.2) is 0 Å². The van der Waals surface area contributed by atoms with E-state index >= 15 is 0 Å². The van der Waals surface area contributed by atoms with Crippen molar-refractivity contribution in [2.75, 3.05) is 44.7 Å². The molecule has 0 bridgehead atoms. The number of anilines is 1. The summed E-state index contributed by atoms with van der Waals surface area (Å²) < 4.78 is 6.35. The quantitative estimate of drug-likeness (QED) is 0.282. The maximum atomic E-state index is 12.5. The first-order chi connectivity index (χ1) is 20.5. The van der Waals surface area contributed by atoms with Crippen molar-refractivity contribution in [2.45, 2.75) is 38.3 Å². The maximum Gasteiger partial charge on any atom is 0.246 e. The number of ether oxygens (including phenoxy) is 1. The lowest BCUT2D eigenvalue weighted by molar-refractivity contribution is -0.128. The number of piperazine rings is 1. The van der Waals surface area contributed by atoms with Crippen LogP contribution in [0.1, 0.15) is 24.8 Å². The van der Waals surface area contributed by atoms with Crippen molar-refractivity contribution >= 4 is 33.4 Å². The van der Waals surface area contributed by atoms with Crippen LogP contribution >= 0.6 is 0 Å². The zero-order valence-corrected chi connectivity index (χ0v) is 24.3. The third kappa shape index (κ3) is 5.28. The van der Waals surface area contributed by atoms with Crippen molar-refractivity contribution in [3.05, 3.63) is 72.9 Å². The number of amides is 1. The molecular formula is C34H36N6O2. The van der Waals surface area contributed by atoms with Gasteiger partial charge in [-0.15, -0.1) is 0 Å². The number of nitrogens with zero attached hydrogens (tertiary/aromatic N) is 6. The molecule has 0 spiro atoms. The molecule has 2 saturated heterocycles. The van der Waals surface area contributed by atoms with Gasteiger partial charge in [0.2, 0.25) is 11.8 Å². The van der Waals surface area contributed by atoms with Crippen LogP contribution in [-0.4, -0.2) is 77.6 Å². The summed E-state index contributed by atoms with van der Waals surface area (Å²) in [5.74, 6) is 0.416. The van der Waals surface area contributed by atoms with Gasteiger partial charge in [0.25, 0.3) is 0 Å². The normalized spacial score (nSPS) is 19.3. The van der Waals surface area contributed by atoms with Crippen LogP contribution in [0.15, 0.2) is 67.4 Å². The number of carbonyl (C=O) groups is 1. The maximum absolute atomic E-state index is 12.5. The highest BCUT2D eigenvalue weighted by molar-refractivity contribution is 6.01. The summed E-state index contributed by atoms with van der Waals surface area (Å²) >= 11 is 0. The molecule has 0 aliphatic carbocycles. The summed E-state index contributed by atoms with van der Waals surface area (Å²) in [5.41, 5.74) is 5.77. The molecule has 2 aliphatic heterocycles. The second-order valence-corrected chi connectivity index (χ2v) is 11.3. The molecule has 2 fully saturated rings. The molecule has 2 aromatic carbocycles. The first-order valence-electron chi connectivity index (χ1n) is 14.6. The fraction of sp³-hybridized carbons (Fsp3) is 0.353. The first kappa shape index (κ1) is 27.7. The third-order valence-electron chi connectivity index (χ3n) is 8.73. The van der Waals surface area contributed by atoms with E-state index in [0.717, 1.165) is 40.8 Å². The molecule has 0 saturated carbocycles. The number of rotatable bonds is 7. The second kappa shape index (κ2) is 11.8. The second-order valence-electron chi connectivity index (χ2n) is 11.3. The predicted octanol–water partition coefficient (Wildman–Crippen LogP) is 5.35. The average Bonchev–Trinajstić information content (AvgIpc) is 3.43. The molecule has 214 valence electrons. The van der Waals surface area contributed by atoms with Crippen LogP contribution in [-0.2, 0) is 4.79 Å². The van der Waals surface area contributed by atoms with Crippen molar-refractivity contribution in [2.24, 2.45) is 0 Å². The number of aromatic nitrogens is 2. The topological polar surface area (TPSA) is 85.6 Å². The number of fused-ring (bicyclic) bond motifs is 2. The lowest BCUT2D eigenvalue weighted by atomic mass is 9.96. The van der Waals surface area contributed by atoms with Gasteiger partial charge in [-0.25, -0.2) is 4.98 Å². The van der Waals surface area contributed by atoms with Crippen LogP contribution in [0.5, 0.6) is 5.88 Å². The Labute approximate surface area is 246 Å². The van der Waals surface area contributed by atoms with Gasteiger partial charge in [-0.2, -0.15) is 5.26 Å². The molecule has 42 heavy (non-hydrogen) atoms. The number of likely N-dealkylation sites (N-methyl/N-ethyl adjacent to an activating group) is 1. The molecular weight excluding hydrogens is 524 g/mol. The summed E-state index contributed by atoms with van der Waals surface area (Å²) in [7, 11) is 2.14. The van der Waals surface area contributed by atoms with Crippen LogP contribution in [0.2, 0.25) is 0 Å². The molecule has 4 aromatic rings. The van der Waals surface area contributed by atoms with Crippen molar-refractivity contribution in [3.63, 3.8) is 0 Å². The molecule has 8 heteroatoms. The number of hydrogen-bond donors (Lipinski definition) is 0. The van der Waals surface area contributed by atoms with Crippen molar-refractivity contribution < 1.29 is 9.53 Å². The molecule has 0 radical (unpaired) electrons. The van der Waals surface area contributed by atoms with Crippen molar-refractivity contribution in [1.82, 2.24) is 19.8 Å². The Bertz CT molecular complexity index is 1690. The minimum Gasteiger partial charge on any atom is -0.476 e. The van der Waals surface area contributed by atoms with E-state index in [-0.39, 0.29) is 18.4 Å². The number of hydrogen-bond acceptors (Lipinski definition) is 7. The Balaban J connectivity index is 1.42. The van der Waals surface area contributed by atoms with E-state index in [1.807, 2.05) is 12.3 Å². The fourth-order valence-electron chi connectivity index (χ4n) is 6.44. The number of likely N-dealkylation sites (tertiary alicyclic amines) is 1. The largest absolute Gasteiger partial charge is 0.476 e. The lowest BCUT2D eigenvalue weighted by Crippen LogP contribution is -2.55. The third-order valence-corrected chi connectivity index (χ3v) is 8.73. The van der Waals surface area contributed by atoms with Gasteiger partial charge in [-0.3, -0.25) is 9.78 Å². The van der Waals surface area contributed by atoms with E-state index in [9.17, 15) is 10.1 Å². The van der Waals surface area contributed by atoms with Gasteiger partial charge >= 0.3 is 0 Å². The van der Waals surface area contributed by atoms with E-state index in [2.05, 4.69) is 78.9 Å². The van der Waals surface area contributed by atoms with Gasteiger partial charge in [0, 0.05) is 43.5 Å². The van der Waals surface area contributed by atoms with E-state index in [1.165, 1.54) is 28.8 Å². The molecule has 2 aliphatic rings. The Kier molecular flexibility index (Phi) is 7.77. The van der Waals surface area contributed by atoms with Gasteiger partial charge < -0.3 is 19.4 Å². The SMILES string of the molecule is C=CC(=O)N1CCN(c2cc(OC[C@@H]3CCCN3C)nc3cc(-c4cccc5cccc(C)c45)cnc23)C[C@@H]1CC#N. The smallest absolute Gasteiger partial charge is 0.246 e. The van der Waals surface area contributed by atoms with Crippen molar-refractivity contribution in [3.8, 4) is 23.1 Å². The molecule has 0 N–H and O–H groups in total. The van der Waals surface area contributed by atoms with Crippen LogP contribution in [0, 0.1) is 18.3 Å². The van der Waals surface area contributed by atoms with Crippen molar-refractivity contribution in [1.29, 1.82) is 5.26 Å². The summed E-state index contributed by atoms with van der Waals surface area (Å²) in [6.07, 6.45) is 5.78. The van der Waals surface area contributed by atoms with Crippen LogP contribution < -0.4 is 9.64 Å². The molecule has 4 heterocycles. The monoisotopic (exact) mass is 560 g/mol. The number of pyridine rings is 2. The number of benzene rings is 2. The first-order valence-corrected chi connectivity index (χ1v) is 14.6. The Hall–Kier alpha value is -4.48. The van der Waals surface area contributed by atoms with Crippen LogP contribution in [0.4, 0.5) is 5.69 Å². The van der Waals surface area contributed by atoms with Gasteiger partial charge in [0.05, 0.1) is 29.7 Å². The zero-order chi connectivity index (χ0) is 29.2. The van der Waals surface area contributed by atoms with Crippen LogP contribution in [0.3, 0.4) is 0 Å². The van der Waals surface area contributed by atoms with E-state index in [1.54, 1.807) is 4.90 Å². The van der Waals surface area contributed by atoms with E-state index < -0.39 is 0 Å². The summed E-state index contributed by atoms with van der Waals surface area (Å²) in [4.78, 5) is 28.7. The van der Waals surface area contributed by atoms with Crippen LogP contribution in [0.25, 0.3) is 32.9 Å². The molecule has 2 atom stereocenters. The number of carbonyl (C=O) groups excluding carboxylic acids is 1. The predicted molar refractivity (Wildman–Crippen MR) is 167 cm³/mol. The molecule has 6 rings (SSSR count). The molecule has 1 amide bonds. The van der Waals surface area contributed by atoms with E-state index in [4.69, 9.17) is 14.7 Å². The summed E-state index contributed by atoms with van der Waals surface area (Å²) in [6.45, 7) is 9.06. The lowest BCUT2D eigenvalue weighted by Gasteiger charge is -2.41. The van der Waals surface area contributed by atoms with Gasteiger partial charge in [-0.05, 0) is 67.4 Å². The highest BCUT2D eigenvalue weighted by Gasteiger charge is 2.31. The minimum absolute atomic E-state index is 0.146. The fourth-order valence-corrected chi connectivity index (χ4v) is 6.44. The molecule has 2 aromatic heterocycles. The Morgan fingerprint density at radius 1 is 1.17 bits per heavy atom. The molecule has 0 unspecified atom stereocenters. The standard InChI is InChI=1S/C34H36N6O2/c1-4-32(41)40-17-16-39(21-26(40)13-14-35)30-19-31(42-22-27-11-7-15-38(27)3)37-29-18-25(20-36-34(29)30)28-12-6-10-24-9-5-8-23(2)33(24)28/h4-6,8-10,12,18-20,26-27H,1,7,11,13,15-17,21-22H2,2-3H3/t26-,27-/m0/s1. The number of nitriles is 1. The summed E-state index contributed by atoms with van der Waals surface area (Å²) in [5, 5.41) is 11.9. The number of aryl methyl sites for hydroxylation is 1. The Morgan fingerprint density at radius 3 is 2.76 bits per heavy atom.